The first-order valence-electron chi connectivity index (χ1n) is 13.0. The summed E-state index contributed by atoms with van der Waals surface area (Å²) in [6, 6.07) is 9.22. The fourth-order valence-corrected chi connectivity index (χ4v) is 5.16. The molecule has 1 aromatic heterocycles. The Morgan fingerprint density at radius 1 is 1.00 bits per heavy atom. The maximum Gasteiger partial charge on any atom is 0.471 e. The zero-order chi connectivity index (χ0) is 31.8. The Balaban J connectivity index is 2.57. The Morgan fingerprint density at radius 2 is 1.60 bits per heavy atom. The molecule has 1 atom stereocenters. The lowest BCUT2D eigenvalue weighted by Crippen LogP contribution is -2.45. The van der Waals surface area contributed by atoms with Gasteiger partial charge in [-0.05, 0) is 59.4 Å². The molecule has 13 heteroatoms. The number of nitrogens with one attached hydrogen (secondary N) is 1. The molecular weight excluding hydrogens is 582 g/mol. The normalized spacial score (nSPS) is 13.5. The molecule has 0 fully saturated rings. The van der Waals surface area contributed by atoms with Crippen LogP contribution < -0.4 is 20.0 Å². The van der Waals surface area contributed by atoms with Gasteiger partial charge in [0.1, 0.15) is 5.75 Å². The predicted octanol–water partition coefficient (Wildman–Crippen LogP) is 7.46. The fourth-order valence-electron chi connectivity index (χ4n) is 4.16. The Hall–Kier alpha value is -3.61. The molecule has 0 spiro atoms. The topological polar surface area (TPSA) is 77.5 Å². The summed E-state index contributed by atoms with van der Waals surface area (Å²) in [5.41, 5.74) is -2.34. The third-order valence-electron chi connectivity index (χ3n) is 7.39. The van der Waals surface area contributed by atoms with Crippen molar-refractivity contribution in [2.45, 2.75) is 64.1 Å². The minimum absolute atomic E-state index is 0.0552. The molecule has 1 heterocycles. The van der Waals surface area contributed by atoms with Gasteiger partial charge in [-0.2, -0.15) is 26.3 Å². The summed E-state index contributed by atoms with van der Waals surface area (Å²) in [6.07, 6.45) is -10.1. The van der Waals surface area contributed by atoms with Gasteiger partial charge >= 0.3 is 23.8 Å². The third kappa shape index (κ3) is 6.88. The molecule has 2 aromatic carbocycles. The van der Waals surface area contributed by atoms with E-state index >= 15 is 0 Å². The average molecular weight is 615 g/mol. The van der Waals surface area contributed by atoms with E-state index in [1.807, 2.05) is 33.9 Å². The van der Waals surface area contributed by atoms with Crippen LogP contribution in [0.2, 0.25) is 18.1 Å². The summed E-state index contributed by atoms with van der Waals surface area (Å²) in [4.78, 5) is 29.5. The van der Waals surface area contributed by atoms with Gasteiger partial charge in [-0.15, -0.1) is 0 Å². The minimum atomic E-state index is -5.21. The molecule has 1 N–H and O–H groups in total. The SMILES string of the molecule is COc1ccc(-c2c(O[Si](C)(C)C(C)(C)C)c(=O)nc3cccc(C(F)(F)F)c3c2C(C)CNC(=O)C(F)(F)F)cc1. The van der Waals surface area contributed by atoms with Gasteiger partial charge in [-0.25, -0.2) is 4.98 Å². The zero-order valence-corrected chi connectivity index (χ0v) is 25.2. The number of halogens is 6. The molecule has 0 radical (unpaired) electrons. The van der Waals surface area contributed by atoms with E-state index in [1.54, 1.807) is 5.32 Å². The van der Waals surface area contributed by atoms with E-state index in [2.05, 4.69) is 4.98 Å². The lowest BCUT2D eigenvalue weighted by molar-refractivity contribution is -0.173. The number of hydrogen-bond acceptors (Lipinski definition) is 5. The van der Waals surface area contributed by atoms with Crippen LogP contribution in [-0.2, 0) is 11.0 Å². The standard InChI is InChI=1S/C29H32F6N2O4Si/c1-16(15-36-26(39)29(33,34)35)21-22(17-11-13-18(40-5)14-12-17)24(41-42(6,7)27(2,3)4)25(38)37-20-10-8-9-19(23(20)21)28(30,31)32/h8-14,16H,15H2,1-7H3,(H,36,39). The second kappa shape index (κ2) is 11.6. The van der Waals surface area contributed by atoms with Gasteiger partial charge in [0.2, 0.25) is 0 Å². The summed E-state index contributed by atoms with van der Waals surface area (Å²) in [5, 5.41) is 0.831. The van der Waals surface area contributed by atoms with Crippen molar-refractivity contribution in [2.24, 2.45) is 0 Å². The van der Waals surface area contributed by atoms with Crippen LogP contribution in [0.25, 0.3) is 22.0 Å². The molecular formula is C29H32F6N2O4Si. The Kier molecular flexibility index (Phi) is 9.07. The minimum Gasteiger partial charge on any atom is -0.539 e. The van der Waals surface area contributed by atoms with E-state index < -0.39 is 60.6 Å². The molecule has 1 unspecified atom stereocenters. The van der Waals surface area contributed by atoms with Gasteiger partial charge in [-0.1, -0.05) is 45.9 Å². The highest BCUT2D eigenvalue weighted by molar-refractivity contribution is 6.74. The number of nitrogens with zero attached hydrogens (tertiary/aromatic N) is 1. The lowest BCUT2D eigenvalue weighted by Gasteiger charge is -2.36. The summed E-state index contributed by atoms with van der Waals surface area (Å²) in [6.45, 7) is 10.1. The van der Waals surface area contributed by atoms with Gasteiger partial charge in [-0.3, -0.25) is 9.59 Å². The van der Waals surface area contributed by atoms with E-state index in [0.717, 1.165) is 12.1 Å². The molecule has 0 aliphatic carbocycles. The van der Waals surface area contributed by atoms with Crippen molar-refractivity contribution in [2.75, 3.05) is 13.7 Å². The number of amides is 1. The van der Waals surface area contributed by atoms with Crippen LogP contribution in [-0.4, -0.2) is 39.0 Å². The van der Waals surface area contributed by atoms with Gasteiger partial charge in [0.15, 0.2) is 5.75 Å². The van der Waals surface area contributed by atoms with Crippen LogP contribution in [0.4, 0.5) is 26.3 Å². The van der Waals surface area contributed by atoms with Crippen LogP contribution in [0.3, 0.4) is 0 Å². The molecule has 1 amide bonds. The Morgan fingerprint density at radius 3 is 2.10 bits per heavy atom. The van der Waals surface area contributed by atoms with E-state index in [9.17, 15) is 35.9 Å². The molecule has 0 saturated heterocycles. The van der Waals surface area contributed by atoms with Crippen LogP contribution in [0.15, 0.2) is 47.3 Å². The number of hydrogen-bond donors (Lipinski definition) is 1. The molecule has 3 rings (SSSR count). The van der Waals surface area contributed by atoms with Gasteiger partial charge < -0.3 is 14.5 Å². The van der Waals surface area contributed by atoms with E-state index in [1.165, 1.54) is 44.4 Å². The largest absolute Gasteiger partial charge is 0.539 e. The number of benzene rings is 2. The zero-order valence-electron chi connectivity index (χ0n) is 24.2. The molecule has 0 bridgehead atoms. The number of carbonyl (C=O) groups excluding carboxylic acids is 1. The average Bonchev–Trinajstić information content (AvgIpc) is 2.99. The quantitative estimate of drug-likeness (QED) is 0.221. The van der Waals surface area contributed by atoms with Gasteiger partial charge in [0, 0.05) is 17.5 Å². The number of methoxy groups -OCH3 is 1. The maximum atomic E-state index is 14.5. The summed E-state index contributed by atoms with van der Waals surface area (Å²) in [5.74, 6) is -3.32. The Bertz CT molecular complexity index is 1530. The predicted molar refractivity (Wildman–Crippen MR) is 150 cm³/mol. The van der Waals surface area contributed by atoms with Gasteiger partial charge in [0.05, 0.1) is 18.2 Å². The molecule has 0 aliphatic rings. The van der Waals surface area contributed by atoms with Crippen molar-refractivity contribution < 1.29 is 40.3 Å². The number of aromatic nitrogens is 1. The summed E-state index contributed by atoms with van der Waals surface area (Å²) >= 11 is 0. The molecule has 228 valence electrons. The molecule has 6 nitrogen and oxygen atoms in total. The highest BCUT2D eigenvalue weighted by Crippen LogP contribution is 2.45. The monoisotopic (exact) mass is 614 g/mol. The molecule has 0 aliphatic heterocycles. The smallest absolute Gasteiger partial charge is 0.471 e. The first-order chi connectivity index (χ1) is 19.2. The molecule has 0 saturated carbocycles. The van der Waals surface area contributed by atoms with E-state index in [0.29, 0.717) is 5.75 Å². The first kappa shape index (κ1) is 32.9. The van der Waals surface area contributed by atoms with Crippen molar-refractivity contribution >= 4 is 25.1 Å². The van der Waals surface area contributed by atoms with E-state index in [-0.39, 0.29) is 28.0 Å². The molecule has 3 aromatic rings. The van der Waals surface area contributed by atoms with Crippen LogP contribution >= 0.6 is 0 Å². The highest BCUT2D eigenvalue weighted by Gasteiger charge is 2.42. The van der Waals surface area contributed by atoms with Crippen LogP contribution in [0.5, 0.6) is 11.5 Å². The van der Waals surface area contributed by atoms with E-state index in [4.69, 9.17) is 9.16 Å². The van der Waals surface area contributed by atoms with Crippen molar-refractivity contribution in [3.63, 3.8) is 0 Å². The second-order valence-electron chi connectivity index (χ2n) is 11.4. The number of fused-ring (bicyclic) bond motifs is 1. The van der Waals surface area contributed by atoms with Crippen molar-refractivity contribution in [3.8, 4) is 22.6 Å². The fraction of sp³-hybridized carbons (Fsp3) is 0.414. The summed E-state index contributed by atoms with van der Waals surface area (Å²) in [7, 11) is -1.43. The lowest BCUT2D eigenvalue weighted by atomic mass is 9.87. The summed E-state index contributed by atoms with van der Waals surface area (Å²) < 4.78 is 94.1. The van der Waals surface area contributed by atoms with Gasteiger partial charge in [0.25, 0.3) is 8.32 Å². The van der Waals surface area contributed by atoms with Crippen molar-refractivity contribution in [1.29, 1.82) is 0 Å². The number of carbonyl (C=O) groups is 1. The molecule has 42 heavy (non-hydrogen) atoms. The highest BCUT2D eigenvalue weighted by atomic mass is 28.4. The van der Waals surface area contributed by atoms with Crippen LogP contribution in [0, 0.1) is 0 Å². The number of rotatable bonds is 7. The number of ether oxygens (including phenoxy) is 1. The van der Waals surface area contributed by atoms with Crippen molar-refractivity contribution in [1.82, 2.24) is 10.3 Å². The van der Waals surface area contributed by atoms with Crippen molar-refractivity contribution in [3.05, 3.63) is 63.9 Å². The maximum absolute atomic E-state index is 14.5. The first-order valence-corrected chi connectivity index (χ1v) is 15.9. The Labute approximate surface area is 240 Å². The second-order valence-corrected chi connectivity index (χ2v) is 16.2. The van der Waals surface area contributed by atoms with Crippen LogP contribution in [0.1, 0.15) is 44.7 Å². The number of alkyl halides is 6. The third-order valence-corrected chi connectivity index (χ3v) is 11.7.